The van der Waals surface area contributed by atoms with Crippen LogP contribution in [0.1, 0.15) is 31.5 Å². The topological polar surface area (TPSA) is 31.1 Å². The fraction of sp³-hybridized carbons (Fsp3) is 0.529. The minimum absolute atomic E-state index is 1.02. The van der Waals surface area contributed by atoms with E-state index in [1.165, 1.54) is 40.8 Å². The molecule has 0 fully saturated rings. The van der Waals surface area contributed by atoms with Crippen LogP contribution in [0, 0.1) is 13.8 Å². The number of aromatic nitrogens is 1. The van der Waals surface area contributed by atoms with Gasteiger partial charge in [0.2, 0.25) is 0 Å². The first-order valence-corrected chi connectivity index (χ1v) is 7.71. The second-order valence-electron chi connectivity index (χ2n) is 5.41. The van der Waals surface area contributed by atoms with Gasteiger partial charge in [-0.3, -0.25) is 0 Å². The van der Waals surface area contributed by atoms with Gasteiger partial charge in [-0.25, -0.2) is 0 Å². The Labute approximate surface area is 122 Å². The lowest BCUT2D eigenvalue weighted by atomic mass is 10.1. The Hall–Kier alpha value is -1.48. The largest absolute Gasteiger partial charge is 0.383 e. The minimum atomic E-state index is 1.02. The molecule has 2 aromatic rings. The monoisotopic (exact) mass is 273 g/mol. The van der Waals surface area contributed by atoms with Crippen molar-refractivity contribution in [1.29, 1.82) is 0 Å². The van der Waals surface area contributed by atoms with Gasteiger partial charge in [-0.05, 0) is 51.5 Å². The van der Waals surface area contributed by atoms with Crippen LogP contribution in [0.5, 0.6) is 0 Å². The number of nitrogens with one attached hydrogen (secondary N) is 2. The number of aromatic amines is 1. The average Bonchev–Trinajstić information content (AvgIpc) is 2.76. The highest BCUT2D eigenvalue weighted by Gasteiger charge is 2.07. The van der Waals surface area contributed by atoms with Crippen molar-refractivity contribution >= 4 is 16.6 Å². The second kappa shape index (κ2) is 6.80. The van der Waals surface area contributed by atoms with E-state index in [4.69, 9.17) is 0 Å². The number of H-pyrrole nitrogens is 1. The van der Waals surface area contributed by atoms with Crippen LogP contribution in [0.4, 0.5) is 5.69 Å². The summed E-state index contributed by atoms with van der Waals surface area (Å²) in [6.07, 6.45) is 1.18. The van der Waals surface area contributed by atoms with E-state index in [1.54, 1.807) is 0 Å². The highest BCUT2D eigenvalue weighted by Crippen LogP contribution is 2.27. The molecule has 0 saturated carbocycles. The maximum Gasteiger partial charge on any atom is 0.0694 e. The first-order chi connectivity index (χ1) is 9.67. The summed E-state index contributed by atoms with van der Waals surface area (Å²) in [6.45, 7) is 13.2. The molecule has 0 aliphatic carbocycles. The molecule has 1 heterocycles. The molecule has 0 aliphatic rings. The quantitative estimate of drug-likeness (QED) is 0.749. The van der Waals surface area contributed by atoms with Crippen LogP contribution in [0.15, 0.2) is 18.2 Å². The van der Waals surface area contributed by atoms with E-state index in [1.807, 2.05) is 0 Å². The van der Waals surface area contributed by atoms with Crippen LogP contribution in [0.2, 0.25) is 0 Å². The Balaban J connectivity index is 1.98. The predicted octanol–water partition coefficient (Wildman–Crippen LogP) is 3.93. The van der Waals surface area contributed by atoms with Gasteiger partial charge in [0.25, 0.3) is 0 Å². The Morgan fingerprint density at radius 2 is 1.90 bits per heavy atom. The highest BCUT2D eigenvalue weighted by molar-refractivity contribution is 5.94. The summed E-state index contributed by atoms with van der Waals surface area (Å²) < 4.78 is 0. The lowest BCUT2D eigenvalue weighted by Gasteiger charge is -2.18. The Bertz CT molecular complexity index is 553. The number of fused-ring (bicyclic) bond motifs is 1. The van der Waals surface area contributed by atoms with Crippen molar-refractivity contribution in [2.75, 3.05) is 31.5 Å². The highest BCUT2D eigenvalue weighted by atomic mass is 15.1. The van der Waals surface area contributed by atoms with Crippen molar-refractivity contribution in [3.63, 3.8) is 0 Å². The van der Waals surface area contributed by atoms with Gasteiger partial charge < -0.3 is 15.2 Å². The zero-order valence-electron chi connectivity index (χ0n) is 13.2. The van der Waals surface area contributed by atoms with Crippen LogP contribution < -0.4 is 5.32 Å². The maximum atomic E-state index is 3.57. The molecule has 3 heteroatoms. The van der Waals surface area contributed by atoms with Gasteiger partial charge in [0.15, 0.2) is 0 Å². The van der Waals surface area contributed by atoms with Crippen LogP contribution in [-0.2, 0) is 0 Å². The Morgan fingerprint density at radius 1 is 1.15 bits per heavy atom. The van der Waals surface area contributed by atoms with Gasteiger partial charge in [-0.1, -0.05) is 26.0 Å². The van der Waals surface area contributed by atoms with E-state index in [0.29, 0.717) is 0 Å². The molecular formula is C17H27N3. The van der Waals surface area contributed by atoms with Crippen molar-refractivity contribution in [2.45, 2.75) is 34.1 Å². The van der Waals surface area contributed by atoms with E-state index in [0.717, 1.165) is 19.6 Å². The summed E-state index contributed by atoms with van der Waals surface area (Å²) in [4.78, 5) is 5.96. The standard InChI is InChI=1S/C17H27N3/c1-5-20(6-2)12-8-11-18-16-10-7-9-15-13(3)14(4)19-17(15)16/h7,9-10,18-19H,5-6,8,11-12H2,1-4H3. The summed E-state index contributed by atoms with van der Waals surface area (Å²) in [7, 11) is 0. The van der Waals surface area contributed by atoms with Gasteiger partial charge in [-0.2, -0.15) is 0 Å². The third kappa shape index (κ3) is 3.15. The molecule has 2 rings (SSSR count). The number of rotatable bonds is 7. The molecular weight excluding hydrogens is 246 g/mol. The van der Waals surface area contributed by atoms with E-state index in [2.05, 4.69) is 61.1 Å². The third-order valence-electron chi connectivity index (χ3n) is 4.20. The molecule has 1 aromatic heterocycles. The summed E-state index contributed by atoms with van der Waals surface area (Å²) >= 11 is 0. The van der Waals surface area contributed by atoms with Crippen molar-refractivity contribution < 1.29 is 0 Å². The first kappa shape index (κ1) is 14.9. The normalized spacial score (nSPS) is 11.4. The number of hydrogen-bond acceptors (Lipinski definition) is 2. The number of hydrogen-bond donors (Lipinski definition) is 2. The van der Waals surface area contributed by atoms with E-state index in [-0.39, 0.29) is 0 Å². The summed E-state index contributed by atoms with van der Waals surface area (Å²) in [5, 5.41) is 4.90. The van der Waals surface area contributed by atoms with Crippen LogP contribution >= 0.6 is 0 Å². The van der Waals surface area contributed by atoms with Crippen molar-refractivity contribution in [3.8, 4) is 0 Å². The Kier molecular flexibility index (Phi) is 5.07. The fourth-order valence-electron chi connectivity index (χ4n) is 2.70. The van der Waals surface area contributed by atoms with E-state index < -0.39 is 0 Å². The predicted molar refractivity (Wildman–Crippen MR) is 88.7 cm³/mol. The van der Waals surface area contributed by atoms with Gasteiger partial charge in [-0.15, -0.1) is 0 Å². The van der Waals surface area contributed by atoms with Gasteiger partial charge >= 0.3 is 0 Å². The number of anilines is 1. The van der Waals surface area contributed by atoms with Gasteiger partial charge in [0, 0.05) is 17.6 Å². The first-order valence-electron chi connectivity index (χ1n) is 7.71. The summed E-state index contributed by atoms with van der Waals surface area (Å²) in [5.74, 6) is 0. The van der Waals surface area contributed by atoms with Crippen molar-refractivity contribution in [2.24, 2.45) is 0 Å². The zero-order valence-corrected chi connectivity index (χ0v) is 13.2. The Morgan fingerprint density at radius 3 is 2.60 bits per heavy atom. The lowest BCUT2D eigenvalue weighted by molar-refractivity contribution is 0.303. The molecule has 0 bridgehead atoms. The molecule has 2 N–H and O–H groups in total. The smallest absolute Gasteiger partial charge is 0.0694 e. The lowest BCUT2D eigenvalue weighted by Crippen LogP contribution is -2.25. The van der Waals surface area contributed by atoms with Crippen LogP contribution in [0.25, 0.3) is 10.9 Å². The van der Waals surface area contributed by atoms with Crippen molar-refractivity contribution in [1.82, 2.24) is 9.88 Å². The zero-order chi connectivity index (χ0) is 14.5. The molecule has 0 spiro atoms. The van der Waals surface area contributed by atoms with Gasteiger partial charge in [0.1, 0.15) is 0 Å². The molecule has 0 saturated heterocycles. The molecule has 0 atom stereocenters. The molecule has 0 aliphatic heterocycles. The molecule has 3 nitrogen and oxygen atoms in total. The van der Waals surface area contributed by atoms with Crippen molar-refractivity contribution in [3.05, 3.63) is 29.5 Å². The second-order valence-corrected chi connectivity index (χ2v) is 5.41. The number of aryl methyl sites for hydroxylation is 2. The van der Waals surface area contributed by atoms with E-state index >= 15 is 0 Å². The molecule has 0 amide bonds. The third-order valence-corrected chi connectivity index (χ3v) is 4.20. The summed E-state index contributed by atoms with van der Waals surface area (Å²) in [5.41, 5.74) is 5.08. The summed E-state index contributed by atoms with van der Waals surface area (Å²) in [6, 6.07) is 6.49. The van der Waals surface area contributed by atoms with Gasteiger partial charge in [0.05, 0.1) is 11.2 Å². The van der Waals surface area contributed by atoms with Crippen LogP contribution in [-0.4, -0.2) is 36.1 Å². The molecule has 20 heavy (non-hydrogen) atoms. The average molecular weight is 273 g/mol. The maximum absolute atomic E-state index is 3.57. The molecule has 0 radical (unpaired) electrons. The number of para-hydroxylation sites is 1. The number of nitrogens with zero attached hydrogens (tertiary/aromatic N) is 1. The fourth-order valence-corrected chi connectivity index (χ4v) is 2.70. The van der Waals surface area contributed by atoms with E-state index in [9.17, 15) is 0 Å². The minimum Gasteiger partial charge on any atom is -0.383 e. The molecule has 110 valence electrons. The van der Waals surface area contributed by atoms with Crippen LogP contribution in [0.3, 0.4) is 0 Å². The SMILES string of the molecule is CCN(CC)CCCNc1cccc2c(C)c(C)[nH]c12. The number of benzene rings is 1. The molecule has 0 unspecified atom stereocenters. The molecule has 1 aromatic carbocycles.